The Morgan fingerprint density at radius 3 is 1.00 bits per heavy atom. The van der Waals surface area contributed by atoms with Gasteiger partial charge in [0.2, 0.25) is 0 Å². The highest BCUT2D eigenvalue weighted by molar-refractivity contribution is 5.65. The summed E-state index contributed by atoms with van der Waals surface area (Å²) in [6.07, 6.45) is 5.21. The van der Waals surface area contributed by atoms with Crippen LogP contribution in [0.2, 0.25) is 0 Å². The summed E-state index contributed by atoms with van der Waals surface area (Å²) < 4.78 is 0. The molecule has 0 N–H and O–H groups in total. The van der Waals surface area contributed by atoms with E-state index in [-0.39, 0.29) is 0 Å². The van der Waals surface area contributed by atoms with Gasteiger partial charge in [-0.25, -0.2) is 0 Å². The van der Waals surface area contributed by atoms with Crippen LogP contribution in [0.15, 0.2) is 218 Å². The Balaban J connectivity index is 0.924. The second-order valence-corrected chi connectivity index (χ2v) is 14.9. The Bertz CT molecular complexity index is 2320. The number of hydrogen-bond donors (Lipinski definition) is 0. The van der Waals surface area contributed by atoms with Gasteiger partial charge in [0.25, 0.3) is 0 Å². The topological polar surface area (TPSA) is 0 Å². The summed E-state index contributed by atoms with van der Waals surface area (Å²) in [6.45, 7) is 0. The Labute approximate surface area is 327 Å². The van der Waals surface area contributed by atoms with Crippen molar-refractivity contribution in [3.63, 3.8) is 0 Å². The maximum absolute atomic E-state index is 2.34. The van der Waals surface area contributed by atoms with E-state index < -0.39 is 0 Å². The lowest BCUT2D eigenvalue weighted by molar-refractivity contribution is 0.621. The van der Waals surface area contributed by atoms with Gasteiger partial charge in [0.05, 0.1) is 0 Å². The second kappa shape index (κ2) is 17.7. The molecule has 8 aromatic carbocycles. The summed E-state index contributed by atoms with van der Waals surface area (Å²) in [4.78, 5) is 0. The molecular weight excluding hydrogens is 661 g/mol. The first-order valence-corrected chi connectivity index (χ1v) is 19.8. The molecule has 55 heavy (non-hydrogen) atoms. The van der Waals surface area contributed by atoms with Gasteiger partial charge in [0, 0.05) is 0 Å². The third-order valence-corrected chi connectivity index (χ3v) is 11.1. The molecule has 0 amide bonds. The van der Waals surface area contributed by atoms with Gasteiger partial charge in [-0.2, -0.15) is 0 Å². The van der Waals surface area contributed by atoms with Crippen LogP contribution in [0.3, 0.4) is 0 Å². The van der Waals surface area contributed by atoms with Gasteiger partial charge in [-0.1, -0.05) is 218 Å². The summed E-state index contributed by atoms with van der Waals surface area (Å²) in [5.74, 6) is 0.856. The molecule has 0 aliphatic carbocycles. The van der Waals surface area contributed by atoms with Gasteiger partial charge in [0.15, 0.2) is 0 Å². The van der Waals surface area contributed by atoms with Crippen molar-refractivity contribution >= 4 is 0 Å². The maximum atomic E-state index is 2.34. The first-order valence-electron chi connectivity index (χ1n) is 19.8. The number of hydrogen-bond acceptors (Lipinski definition) is 0. The van der Waals surface area contributed by atoms with E-state index in [4.69, 9.17) is 0 Å². The first kappa shape index (κ1) is 35.8. The van der Waals surface area contributed by atoms with Crippen LogP contribution < -0.4 is 0 Å². The predicted molar refractivity (Wildman–Crippen MR) is 233 cm³/mol. The van der Waals surface area contributed by atoms with Crippen LogP contribution in [0.1, 0.15) is 51.6 Å². The van der Waals surface area contributed by atoms with E-state index in [0.29, 0.717) is 11.8 Å². The summed E-state index contributed by atoms with van der Waals surface area (Å²) in [5, 5.41) is 0. The summed E-state index contributed by atoms with van der Waals surface area (Å²) in [5.41, 5.74) is 15.9. The van der Waals surface area contributed by atoms with E-state index in [0.717, 1.165) is 32.1 Å². The van der Waals surface area contributed by atoms with E-state index in [1.54, 1.807) is 0 Å². The normalized spacial score (nSPS) is 12.2. The van der Waals surface area contributed by atoms with Crippen molar-refractivity contribution in [3.8, 4) is 33.4 Å². The molecule has 0 radical (unpaired) electrons. The van der Waals surface area contributed by atoms with Crippen molar-refractivity contribution in [1.82, 2.24) is 0 Å². The van der Waals surface area contributed by atoms with Crippen molar-refractivity contribution < 1.29 is 0 Å². The zero-order valence-corrected chi connectivity index (χ0v) is 31.5. The van der Waals surface area contributed by atoms with Crippen LogP contribution in [0.25, 0.3) is 33.4 Å². The first-order chi connectivity index (χ1) is 27.2. The highest BCUT2D eigenvalue weighted by Crippen LogP contribution is 2.31. The summed E-state index contributed by atoms with van der Waals surface area (Å²) in [6, 6.07) is 80.2. The van der Waals surface area contributed by atoms with Gasteiger partial charge in [-0.15, -0.1) is 0 Å². The molecule has 0 spiro atoms. The average Bonchev–Trinajstić information content (AvgIpc) is 3.27. The molecule has 268 valence electrons. The molecule has 2 unspecified atom stereocenters. The van der Waals surface area contributed by atoms with Crippen LogP contribution in [0.5, 0.6) is 0 Å². The lowest BCUT2D eigenvalue weighted by Gasteiger charge is -2.19. The molecule has 0 heterocycles. The molecule has 2 atom stereocenters. The lowest BCUT2D eigenvalue weighted by Crippen LogP contribution is -2.07. The van der Waals surface area contributed by atoms with E-state index >= 15 is 0 Å². The van der Waals surface area contributed by atoms with Gasteiger partial charge >= 0.3 is 0 Å². The van der Waals surface area contributed by atoms with Crippen LogP contribution in [0.4, 0.5) is 0 Å². The van der Waals surface area contributed by atoms with Crippen molar-refractivity contribution in [2.24, 2.45) is 0 Å². The highest BCUT2D eigenvalue weighted by atomic mass is 14.2. The fourth-order valence-electron chi connectivity index (χ4n) is 7.97. The van der Waals surface area contributed by atoms with Gasteiger partial charge in [-0.3, -0.25) is 0 Å². The summed E-state index contributed by atoms with van der Waals surface area (Å²) >= 11 is 0. The minimum atomic E-state index is 0.404. The largest absolute Gasteiger partial charge is 0.0622 e. The average molecular weight is 709 g/mol. The SMILES string of the molecule is c1ccc(CC(CCc2ccc(-c3ccc(CC(Cc4ccc(-c5ccccc5)cc4)c4ccccc4)cc3)cc2)c2ccc(-c3ccccc3)cc2)cc1. The molecular formula is C55H48. The van der Waals surface area contributed by atoms with E-state index in [9.17, 15) is 0 Å². The molecule has 0 nitrogen and oxygen atoms in total. The van der Waals surface area contributed by atoms with Gasteiger partial charge < -0.3 is 0 Å². The third-order valence-electron chi connectivity index (χ3n) is 11.1. The molecule has 0 saturated carbocycles. The lowest BCUT2D eigenvalue weighted by atomic mass is 9.86. The molecule has 8 aromatic rings. The van der Waals surface area contributed by atoms with E-state index in [2.05, 4.69) is 218 Å². The second-order valence-electron chi connectivity index (χ2n) is 14.9. The highest BCUT2D eigenvalue weighted by Gasteiger charge is 2.16. The van der Waals surface area contributed by atoms with Crippen LogP contribution >= 0.6 is 0 Å². The van der Waals surface area contributed by atoms with Crippen molar-refractivity contribution in [3.05, 3.63) is 252 Å². The van der Waals surface area contributed by atoms with Crippen molar-refractivity contribution in [2.75, 3.05) is 0 Å². The van der Waals surface area contributed by atoms with Crippen LogP contribution in [-0.2, 0) is 25.7 Å². The third kappa shape index (κ3) is 9.47. The monoisotopic (exact) mass is 708 g/mol. The molecule has 0 bridgehead atoms. The minimum Gasteiger partial charge on any atom is -0.0622 e. The summed E-state index contributed by atoms with van der Waals surface area (Å²) in [7, 11) is 0. The fourth-order valence-corrected chi connectivity index (χ4v) is 7.97. The number of benzene rings is 8. The molecule has 0 aliphatic rings. The van der Waals surface area contributed by atoms with Crippen LogP contribution in [-0.4, -0.2) is 0 Å². The standard InChI is InChI=1S/C55H48/c1-5-13-43(14-6-1)39-54(53-37-35-52(36-38-53)47-17-9-3-10-18-47)34-23-42-21-28-50(29-22-42)51-32-26-45(27-33-51)41-55(48-19-11-4-12-20-48)40-44-24-30-49(31-25-44)46-15-7-2-8-16-46/h1-22,24-33,35-38,54-55H,23,34,39-41H2. The minimum absolute atomic E-state index is 0.404. The molecule has 8 rings (SSSR count). The molecule has 0 fully saturated rings. The van der Waals surface area contributed by atoms with Gasteiger partial charge in [-0.05, 0) is 111 Å². The fraction of sp³-hybridized carbons (Fsp3) is 0.127. The Hall–Kier alpha value is -6.24. The van der Waals surface area contributed by atoms with Crippen molar-refractivity contribution in [1.29, 1.82) is 0 Å². The van der Waals surface area contributed by atoms with E-state index in [1.165, 1.54) is 66.8 Å². The molecule has 0 aliphatic heterocycles. The number of aryl methyl sites for hydroxylation is 1. The Kier molecular flexibility index (Phi) is 11.5. The van der Waals surface area contributed by atoms with Crippen molar-refractivity contribution in [2.45, 2.75) is 43.9 Å². The molecule has 0 heteroatoms. The zero-order valence-electron chi connectivity index (χ0n) is 31.5. The predicted octanol–water partition coefficient (Wildman–Crippen LogP) is 14.2. The molecule has 0 saturated heterocycles. The maximum Gasteiger partial charge on any atom is -0.00810 e. The Morgan fingerprint density at radius 1 is 0.236 bits per heavy atom. The van der Waals surface area contributed by atoms with E-state index in [1.807, 2.05) is 0 Å². The Morgan fingerprint density at radius 2 is 0.545 bits per heavy atom. The zero-order chi connectivity index (χ0) is 37.1. The quantitative estimate of drug-likeness (QED) is 0.105. The smallest absolute Gasteiger partial charge is 0.00810 e. The van der Waals surface area contributed by atoms with Gasteiger partial charge in [0.1, 0.15) is 0 Å². The molecule has 0 aromatic heterocycles. The number of rotatable bonds is 14. The van der Waals surface area contributed by atoms with Crippen LogP contribution in [0, 0.1) is 0 Å².